The van der Waals surface area contributed by atoms with E-state index >= 15 is 0 Å². The van der Waals surface area contributed by atoms with Crippen molar-refractivity contribution >= 4 is 17.7 Å². The number of rotatable bonds is 6. The van der Waals surface area contributed by atoms with Gasteiger partial charge >= 0.3 is 80.1 Å². The van der Waals surface area contributed by atoms with Gasteiger partial charge in [0.1, 0.15) is 0 Å². The van der Waals surface area contributed by atoms with Gasteiger partial charge in [-0.1, -0.05) is 0 Å². The van der Waals surface area contributed by atoms with E-state index in [9.17, 15) is 0 Å². The summed E-state index contributed by atoms with van der Waals surface area (Å²) in [4.78, 5) is 0. The Labute approximate surface area is 80.3 Å². The fourth-order valence-corrected chi connectivity index (χ4v) is 1.12. The summed E-state index contributed by atoms with van der Waals surface area (Å²) >= 11 is 1.91. The molecule has 0 N–H and O–H groups in total. The molecule has 0 amide bonds. The summed E-state index contributed by atoms with van der Waals surface area (Å²) in [6, 6.07) is 0. The molecule has 0 saturated heterocycles. The van der Waals surface area contributed by atoms with Crippen LogP contribution in [0.1, 0.15) is 51.9 Å². The van der Waals surface area contributed by atoms with Crippen LogP contribution in [0, 0.1) is 10.5 Å². The third kappa shape index (κ3) is 10.2. The van der Waals surface area contributed by atoms with Crippen molar-refractivity contribution in [3.8, 4) is 10.5 Å². The topological polar surface area (TPSA) is 0 Å². The summed E-state index contributed by atoms with van der Waals surface area (Å²) in [6.07, 6.45) is 9.32. The van der Waals surface area contributed by atoms with Crippen molar-refractivity contribution in [2.75, 3.05) is 0 Å². The van der Waals surface area contributed by atoms with Crippen molar-refractivity contribution in [1.29, 1.82) is 0 Å². The first-order chi connectivity index (χ1) is 5.41. The van der Waals surface area contributed by atoms with E-state index in [-0.39, 0.29) is 0 Å². The molecule has 0 unspecified atom stereocenters. The molecular formula is C10H17Li. The van der Waals surface area contributed by atoms with Gasteiger partial charge in [-0.3, -0.25) is 0 Å². The SMILES string of the molecule is [Li][C]#CCCCCCCCC. The van der Waals surface area contributed by atoms with Crippen molar-refractivity contribution in [2.45, 2.75) is 51.9 Å². The zero-order chi connectivity index (χ0) is 8.36. The number of hydrogen-bond donors (Lipinski definition) is 0. The second-order valence-corrected chi connectivity index (χ2v) is 2.94. The van der Waals surface area contributed by atoms with Crippen LogP contribution in [-0.2, 0) is 0 Å². The summed E-state index contributed by atoms with van der Waals surface area (Å²) in [5, 5.41) is 0. The van der Waals surface area contributed by atoms with Crippen LogP contribution in [0.4, 0.5) is 0 Å². The molecule has 1 heteroatoms. The third-order valence-electron chi connectivity index (χ3n) is 1.83. The van der Waals surface area contributed by atoms with E-state index in [1.165, 1.54) is 38.5 Å². The van der Waals surface area contributed by atoms with Gasteiger partial charge in [0.25, 0.3) is 0 Å². The first kappa shape index (κ1) is 11.2. The van der Waals surface area contributed by atoms with Crippen LogP contribution in [0.3, 0.4) is 0 Å². The van der Waals surface area contributed by atoms with Crippen LogP contribution in [0.5, 0.6) is 0 Å². The summed E-state index contributed by atoms with van der Waals surface area (Å²) in [7, 11) is 0. The van der Waals surface area contributed by atoms with E-state index in [1.54, 1.807) is 0 Å². The Hall–Kier alpha value is 0.157. The molecule has 0 aromatic heterocycles. The van der Waals surface area contributed by atoms with E-state index in [0.29, 0.717) is 0 Å². The van der Waals surface area contributed by atoms with Gasteiger partial charge in [0.2, 0.25) is 0 Å². The molecule has 0 heterocycles. The van der Waals surface area contributed by atoms with Gasteiger partial charge in [-0.2, -0.15) is 0 Å². The Morgan fingerprint density at radius 1 is 1.00 bits per heavy atom. The second kappa shape index (κ2) is 10.2. The van der Waals surface area contributed by atoms with E-state index in [1.807, 2.05) is 17.7 Å². The zero-order valence-corrected chi connectivity index (χ0v) is 7.95. The van der Waals surface area contributed by atoms with Gasteiger partial charge in [0, 0.05) is 0 Å². The van der Waals surface area contributed by atoms with Crippen LogP contribution in [0.25, 0.3) is 0 Å². The quantitative estimate of drug-likeness (QED) is 0.305. The van der Waals surface area contributed by atoms with Gasteiger partial charge in [0.05, 0.1) is 0 Å². The van der Waals surface area contributed by atoms with Crippen LogP contribution >= 0.6 is 0 Å². The molecule has 0 nitrogen and oxygen atoms in total. The van der Waals surface area contributed by atoms with Gasteiger partial charge in [-0.25, -0.2) is 0 Å². The molecule has 0 rings (SSSR count). The molecule has 0 spiro atoms. The monoisotopic (exact) mass is 144 g/mol. The zero-order valence-electron chi connectivity index (χ0n) is 7.95. The average molecular weight is 144 g/mol. The average Bonchev–Trinajstić information content (AvgIpc) is 2.03. The van der Waals surface area contributed by atoms with Crippen LogP contribution < -0.4 is 0 Å². The molecule has 0 atom stereocenters. The van der Waals surface area contributed by atoms with Crippen molar-refractivity contribution in [1.82, 2.24) is 0 Å². The summed E-state index contributed by atoms with van der Waals surface area (Å²) in [5.74, 6) is 3.09. The van der Waals surface area contributed by atoms with Crippen LogP contribution in [-0.4, -0.2) is 17.7 Å². The number of unbranched alkanes of at least 4 members (excludes halogenated alkanes) is 6. The Balaban J connectivity index is 2.83. The van der Waals surface area contributed by atoms with Gasteiger partial charge in [-0.05, 0) is 0 Å². The van der Waals surface area contributed by atoms with Crippen LogP contribution in [0.15, 0.2) is 0 Å². The van der Waals surface area contributed by atoms with Gasteiger partial charge in [-0.15, -0.1) is 0 Å². The van der Waals surface area contributed by atoms with E-state index < -0.39 is 0 Å². The molecular weight excluding hydrogens is 127 g/mol. The summed E-state index contributed by atoms with van der Waals surface area (Å²) in [6.45, 7) is 2.25. The minimum absolute atomic E-state index is 1.10. The molecule has 0 radical (unpaired) electrons. The maximum atomic E-state index is 3.09. The Morgan fingerprint density at radius 3 is 2.27 bits per heavy atom. The molecule has 0 aromatic rings. The van der Waals surface area contributed by atoms with Crippen molar-refractivity contribution < 1.29 is 0 Å². The summed E-state index contributed by atoms with van der Waals surface area (Å²) in [5.41, 5.74) is 0. The predicted octanol–water partition coefficient (Wildman–Crippen LogP) is 2.87. The predicted molar refractivity (Wildman–Crippen MR) is 51.5 cm³/mol. The maximum absolute atomic E-state index is 3.09. The van der Waals surface area contributed by atoms with Crippen molar-refractivity contribution in [2.24, 2.45) is 0 Å². The second-order valence-electron chi connectivity index (χ2n) is 2.94. The minimum atomic E-state index is 1.10. The van der Waals surface area contributed by atoms with Crippen molar-refractivity contribution in [3.63, 3.8) is 0 Å². The molecule has 0 bridgehead atoms. The number of hydrogen-bond acceptors (Lipinski definition) is 0. The molecule has 58 valence electrons. The fraction of sp³-hybridized carbons (Fsp3) is 0.800. The summed E-state index contributed by atoms with van der Waals surface area (Å²) < 4.78 is 2.92. The Kier molecular flexibility index (Phi) is 10.3. The molecule has 0 aliphatic rings. The Bertz CT molecular complexity index is 119. The van der Waals surface area contributed by atoms with E-state index in [0.717, 1.165) is 6.42 Å². The fourth-order valence-electron chi connectivity index (χ4n) is 1.12. The Morgan fingerprint density at radius 2 is 1.64 bits per heavy atom. The first-order valence-corrected chi connectivity index (χ1v) is 4.81. The standard InChI is InChI=1S/C10H17.Li/c1-3-5-7-9-10-8-6-4-2;/h3,5-10H2,1H3;. The molecule has 11 heavy (non-hydrogen) atoms. The molecule has 0 saturated carbocycles. The van der Waals surface area contributed by atoms with Crippen LogP contribution in [0.2, 0.25) is 0 Å². The van der Waals surface area contributed by atoms with E-state index in [2.05, 4.69) is 17.4 Å². The molecule has 0 aliphatic heterocycles. The van der Waals surface area contributed by atoms with Crippen molar-refractivity contribution in [3.05, 3.63) is 0 Å². The normalized spacial score (nSPS) is 9.00. The van der Waals surface area contributed by atoms with Gasteiger partial charge in [0.15, 0.2) is 0 Å². The van der Waals surface area contributed by atoms with Gasteiger partial charge < -0.3 is 0 Å². The first-order valence-electron chi connectivity index (χ1n) is 4.81. The molecule has 0 fully saturated rings. The molecule has 0 aromatic carbocycles. The third-order valence-corrected chi connectivity index (χ3v) is 1.83. The molecule has 0 aliphatic carbocycles. The van der Waals surface area contributed by atoms with E-state index in [4.69, 9.17) is 0 Å².